The molecule has 2 unspecified atom stereocenters. The normalized spacial score (nSPS) is 24.9. The number of thiocarbonyl (C=S) groups is 1. The number of hydrogen-bond acceptors (Lipinski definition) is 4. The summed E-state index contributed by atoms with van der Waals surface area (Å²) in [6.07, 6.45) is 5.99. The molecule has 2 N–H and O–H groups in total. The molecule has 100 valence electrons. The number of esters is 1. The van der Waals surface area contributed by atoms with Crippen LogP contribution in [0, 0.1) is 0 Å². The van der Waals surface area contributed by atoms with Crippen LogP contribution in [0.2, 0.25) is 0 Å². The van der Waals surface area contributed by atoms with Crippen molar-refractivity contribution in [3.05, 3.63) is 0 Å². The van der Waals surface area contributed by atoms with Crippen molar-refractivity contribution in [2.75, 3.05) is 24.9 Å². The number of methoxy groups -OCH3 is 1. The van der Waals surface area contributed by atoms with E-state index in [0.29, 0.717) is 15.3 Å². The second-order valence-corrected chi connectivity index (χ2v) is 10.3. The zero-order valence-electron chi connectivity index (χ0n) is 10.4. The van der Waals surface area contributed by atoms with Crippen LogP contribution in [-0.2, 0) is 9.53 Å². The molecule has 0 amide bonds. The van der Waals surface area contributed by atoms with Crippen LogP contribution < -0.4 is 5.73 Å². The van der Waals surface area contributed by atoms with Gasteiger partial charge in [-0.1, -0.05) is 12.2 Å². The Morgan fingerprint density at radius 2 is 2.35 bits per heavy atom. The van der Waals surface area contributed by atoms with Crippen molar-refractivity contribution in [3.8, 4) is 0 Å². The average Bonchev–Trinajstić information content (AvgIpc) is 2.82. The van der Waals surface area contributed by atoms with Crippen LogP contribution in [-0.4, -0.2) is 39.7 Å². The van der Waals surface area contributed by atoms with Gasteiger partial charge >= 0.3 is 5.97 Å². The fraction of sp³-hybridized carbons (Fsp3) is 0.818. The van der Waals surface area contributed by atoms with Gasteiger partial charge in [0.15, 0.2) is 0 Å². The van der Waals surface area contributed by atoms with Crippen LogP contribution in [0.25, 0.3) is 0 Å². The highest BCUT2D eigenvalue weighted by molar-refractivity contribution is 8.53. The second-order valence-electron chi connectivity index (χ2n) is 4.30. The van der Waals surface area contributed by atoms with Crippen molar-refractivity contribution in [2.24, 2.45) is 5.73 Å². The van der Waals surface area contributed by atoms with E-state index in [1.165, 1.54) is 25.7 Å². The molecule has 1 rings (SSSR count). The maximum absolute atomic E-state index is 11.1. The molecule has 0 aromatic carbocycles. The van der Waals surface area contributed by atoms with Gasteiger partial charge in [0.05, 0.1) is 7.11 Å². The highest BCUT2D eigenvalue weighted by Gasteiger charge is 2.34. The van der Waals surface area contributed by atoms with E-state index in [0.717, 1.165) is 12.2 Å². The lowest BCUT2D eigenvalue weighted by atomic mass is 10.3. The van der Waals surface area contributed by atoms with Crippen LogP contribution >= 0.6 is 34.0 Å². The SMILES string of the molecule is COC(=O)CCCS(C)(C(N)=S)C1CCCS1. The molecule has 6 heteroatoms. The maximum Gasteiger partial charge on any atom is 0.305 e. The largest absolute Gasteiger partial charge is 0.469 e. The Kier molecular flexibility index (Phi) is 6.09. The lowest BCUT2D eigenvalue weighted by Crippen LogP contribution is -2.28. The molecule has 17 heavy (non-hydrogen) atoms. The fourth-order valence-electron chi connectivity index (χ4n) is 1.94. The first-order chi connectivity index (χ1) is 8.00. The van der Waals surface area contributed by atoms with Crippen LogP contribution in [0.5, 0.6) is 0 Å². The van der Waals surface area contributed by atoms with Gasteiger partial charge in [-0.3, -0.25) is 4.79 Å². The summed E-state index contributed by atoms with van der Waals surface area (Å²) < 4.78 is 5.92. The number of ether oxygens (including phenoxy) is 1. The predicted octanol–water partition coefficient (Wildman–Crippen LogP) is 2.47. The van der Waals surface area contributed by atoms with Crippen molar-refractivity contribution in [3.63, 3.8) is 0 Å². The molecule has 0 bridgehead atoms. The molecule has 0 aromatic heterocycles. The Bertz CT molecular complexity index is 292. The quantitative estimate of drug-likeness (QED) is 0.624. The van der Waals surface area contributed by atoms with Crippen molar-refractivity contribution < 1.29 is 9.53 Å². The van der Waals surface area contributed by atoms with E-state index in [-0.39, 0.29) is 5.97 Å². The summed E-state index contributed by atoms with van der Waals surface area (Å²) in [5.41, 5.74) is 5.94. The minimum absolute atomic E-state index is 0.145. The minimum atomic E-state index is -1.07. The number of rotatable bonds is 5. The molecule has 1 aliphatic rings. The highest BCUT2D eigenvalue weighted by atomic mass is 32.3. The molecular formula is C11H21NO2S3. The monoisotopic (exact) mass is 295 g/mol. The molecular weight excluding hydrogens is 274 g/mol. The predicted molar refractivity (Wildman–Crippen MR) is 81.9 cm³/mol. The van der Waals surface area contributed by atoms with Crippen LogP contribution in [0.1, 0.15) is 25.7 Å². The molecule has 0 radical (unpaired) electrons. The van der Waals surface area contributed by atoms with Gasteiger partial charge in [0, 0.05) is 11.0 Å². The standard InChI is InChI=1S/C11H21NO2S3/c1-14-9(13)5-4-8-17(2,11(12)15)10-6-3-7-16-10/h10H,3-8H2,1-2H3,(H2,12,15). The first kappa shape index (κ1) is 15.1. The minimum Gasteiger partial charge on any atom is -0.469 e. The number of nitrogens with two attached hydrogens (primary N) is 1. The van der Waals surface area contributed by atoms with E-state index >= 15 is 0 Å². The second kappa shape index (κ2) is 6.85. The van der Waals surface area contributed by atoms with E-state index in [1.807, 2.05) is 11.8 Å². The van der Waals surface area contributed by atoms with Crippen LogP contribution in [0.15, 0.2) is 0 Å². The Balaban J connectivity index is 2.53. The molecule has 1 heterocycles. The van der Waals surface area contributed by atoms with E-state index in [2.05, 4.69) is 11.0 Å². The van der Waals surface area contributed by atoms with Gasteiger partial charge in [0.25, 0.3) is 0 Å². The van der Waals surface area contributed by atoms with Gasteiger partial charge in [-0.15, -0.1) is 11.8 Å². The van der Waals surface area contributed by atoms with Gasteiger partial charge in [0.2, 0.25) is 0 Å². The molecule has 0 aromatic rings. The van der Waals surface area contributed by atoms with Crippen molar-refractivity contribution >= 4 is 44.3 Å². The average molecular weight is 295 g/mol. The molecule has 3 nitrogen and oxygen atoms in total. The third-order valence-electron chi connectivity index (χ3n) is 3.10. The summed E-state index contributed by atoms with van der Waals surface area (Å²) in [4.78, 5) is 11.1. The fourth-order valence-corrected chi connectivity index (χ4v) is 7.89. The molecule has 1 saturated heterocycles. The summed E-state index contributed by atoms with van der Waals surface area (Å²) in [7, 11) is 0.352. The summed E-state index contributed by atoms with van der Waals surface area (Å²) in [5.74, 6) is 2.02. The van der Waals surface area contributed by atoms with Crippen molar-refractivity contribution in [2.45, 2.75) is 30.3 Å². The lowest BCUT2D eigenvalue weighted by Gasteiger charge is -2.40. The summed E-state index contributed by atoms with van der Waals surface area (Å²) in [6, 6.07) is 0. The van der Waals surface area contributed by atoms with Crippen LogP contribution in [0.3, 0.4) is 0 Å². The third-order valence-corrected chi connectivity index (χ3v) is 10.5. The highest BCUT2D eigenvalue weighted by Crippen LogP contribution is 2.58. The first-order valence-corrected chi connectivity index (χ1v) is 9.46. The van der Waals surface area contributed by atoms with E-state index in [4.69, 9.17) is 18.0 Å². The van der Waals surface area contributed by atoms with Gasteiger partial charge in [-0.2, -0.15) is 10.0 Å². The summed E-state index contributed by atoms with van der Waals surface area (Å²) in [5, 5.41) is 0. The van der Waals surface area contributed by atoms with Gasteiger partial charge < -0.3 is 10.5 Å². The lowest BCUT2D eigenvalue weighted by molar-refractivity contribution is -0.140. The third kappa shape index (κ3) is 4.03. The van der Waals surface area contributed by atoms with Crippen LogP contribution in [0.4, 0.5) is 0 Å². The Morgan fingerprint density at radius 1 is 1.65 bits per heavy atom. The number of hydrogen-bond donors (Lipinski definition) is 1. The number of carbonyl (C=O) groups excluding carboxylic acids is 1. The molecule has 0 spiro atoms. The summed E-state index contributed by atoms with van der Waals surface area (Å²) in [6.45, 7) is 0. The zero-order valence-corrected chi connectivity index (χ0v) is 12.9. The number of thioether (sulfide) groups is 1. The van der Waals surface area contributed by atoms with E-state index in [1.54, 1.807) is 0 Å². The van der Waals surface area contributed by atoms with Gasteiger partial charge in [-0.25, -0.2) is 0 Å². The molecule has 0 saturated carbocycles. The molecule has 1 fully saturated rings. The topological polar surface area (TPSA) is 52.3 Å². The molecule has 1 aliphatic heterocycles. The molecule has 0 aliphatic carbocycles. The Labute approximate surface area is 115 Å². The van der Waals surface area contributed by atoms with Crippen molar-refractivity contribution in [1.82, 2.24) is 0 Å². The smallest absolute Gasteiger partial charge is 0.305 e. The zero-order chi connectivity index (χ0) is 12.9. The molecule has 2 atom stereocenters. The summed E-state index contributed by atoms with van der Waals surface area (Å²) >= 11 is 7.26. The maximum atomic E-state index is 11.1. The van der Waals surface area contributed by atoms with E-state index in [9.17, 15) is 4.79 Å². The first-order valence-electron chi connectivity index (χ1n) is 5.73. The van der Waals surface area contributed by atoms with Gasteiger partial charge in [-0.05, 0) is 37.0 Å². The van der Waals surface area contributed by atoms with Crippen molar-refractivity contribution in [1.29, 1.82) is 0 Å². The Morgan fingerprint density at radius 3 is 2.82 bits per heavy atom. The number of carbonyl (C=O) groups is 1. The van der Waals surface area contributed by atoms with Gasteiger partial charge in [0.1, 0.15) is 4.32 Å². The van der Waals surface area contributed by atoms with E-state index < -0.39 is 10.0 Å². The Hall–Kier alpha value is 0.0600.